The molecule has 1 N–H and O–H groups in total. The van der Waals surface area contributed by atoms with E-state index in [1.54, 1.807) is 0 Å². The summed E-state index contributed by atoms with van der Waals surface area (Å²) in [6.45, 7) is 12.9. The summed E-state index contributed by atoms with van der Waals surface area (Å²) in [5, 5.41) is 3.81. The Morgan fingerprint density at radius 3 is 2.35 bits per heavy atom. The van der Waals surface area contributed by atoms with Crippen LogP contribution in [0.2, 0.25) is 0 Å². The van der Waals surface area contributed by atoms with Crippen LogP contribution >= 0.6 is 0 Å². The maximum Gasteiger partial charge on any atom is 0.00698 e. The minimum Gasteiger partial charge on any atom is -0.314 e. The zero-order valence-electron chi connectivity index (χ0n) is 12.6. The zero-order chi connectivity index (χ0) is 12.8. The van der Waals surface area contributed by atoms with Crippen LogP contribution in [-0.2, 0) is 0 Å². The maximum atomic E-state index is 3.81. The molecule has 1 rings (SSSR count). The molecule has 1 aliphatic rings. The third kappa shape index (κ3) is 5.90. The first-order chi connectivity index (χ1) is 7.99. The van der Waals surface area contributed by atoms with Gasteiger partial charge in [0.25, 0.3) is 0 Å². The molecule has 102 valence electrons. The smallest absolute Gasteiger partial charge is 0.00698 e. The SMILES string of the molecule is CC(C)CC1CCCC(NCC(C)C(C)C)C1. The second kappa shape index (κ2) is 7.41. The van der Waals surface area contributed by atoms with Crippen LogP contribution in [0.3, 0.4) is 0 Å². The van der Waals surface area contributed by atoms with Crippen molar-refractivity contribution in [2.75, 3.05) is 6.54 Å². The normalized spacial score (nSPS) is 27.7. The summed E-state index contributed by atoms with van der Waals surface area (Å²) in [6.07, 6.45) is 7.15. The van der Waals surface area contributed by atoms with E-state index in [4.69, 9.17) is 0 Å². The second-order valence-corrected chi connectivity index (χ2v) is 6.99. The lowest BCUT2D eigenvalue weighted by molar-refractivity contribution is 0.241. The summed E-state index contributed by atoms with van der Waals surface area (Å²) >= 11 is 0. The molecular weight excluding hydrogens is 206 g/mol. The van der Waals surface area contributed by atoms with Crippen molar-refractivity contribution in [1.82, 2.24) is 5.32 Å². The van der Waals surface area contributed by atoms with E-state index in [1.165, 1.54) is 38.6 Å². The molecule has 0 aromatic carbocycles. The van der Waals surface area contributed by atoms with Gasteiger partial charge in [-0.2, -0.15) is 0 Å². The van der Waals surface area contributed by atoms with Gasteiger partial charge < -0.3 is 5.32 Å². The highest BCUT2D eigenvalue weighted by atomic mass is 14.9. The van der Waals surface area contributed by atoms with Gasteiger partial charge in [0.1, 0.15) is 0 Å². The van der Waals surface area contributed by atoms with Gasteiger partial charge in [0.15, 0.2) is 0 Å². The number of rotatable bonds is 6. The highest BCUT2D eigenvalue weighted by molar-refractivity contribution is 4.79. The fourth-order valence-corrected chi connectivity index (χ4v) is 2.95. The van der Waals surface area contributed by atoms with Gasteiger partial charge in [-0.15, -0.1) is 0 Å². The lowest BCUT2D eigenvalue weighted by Crippen LogP contribution is -2.37. The van der Waals surface area contributed by atoms with Crippen molar-refractivity contribution in [1.29, 1.82) is 0 Å². The molecule has 0 aromatic rings. The molecule has 0 bridgehead atoms. The van der Waals surface area contributed by atoms with Crippen molar-refractivity contribution in [3.05, 3.63) is 0 Å². The molecule has 1 aliphatic carbocycles. The van der Waals surface area contributed by atoms with Gasteiger partial charge in [0.05, 0.1) is 0 Å². The summed E-state index contributed by atoms with van der Waals surface area (Å²) in [5.74, 6) is 3.46. The van der Waals surface area contributed by atoms with Crippen LogP contribution in [-0.4, -0.2) is 12.6 Å². The zero-order valence-corrected chi connectivity index (χ0v) is 12.6. The molecule has 0 amide bonds. The lowest BCUT2D eigenvalue weighted by Gasteiger charge is -2.32. The van der Waals surface area contributed by atoms with Crippen LogP contribution in [0.4, 0.5) is 0 Å². The van der Waals surface area contributed by atoms with Gasteiger partial charge >= 0.3 is 0 Å². The van der Waals surface area contributed by atoms with E-state index >= 15 is 0 Å². The molecule has 1 nitrogen and oxygen atoms in total. The molecule has 0 radical (unpaired) electrons. The number of nitrogens with one attached hydrogen (secondary N) is 1. The monoisotopic (exact) mass is 239 g/mol. The summed E-state index contributed by atoms with van der Waals surface area (Å²) in [4.78, 5) is 0. The van der Waals surface area contributed by atoms with Crippen LogP contribution in [0.25, 0.3) is 0 Å². The first-order valence-corrected chi connectivity index (χ1v) is 7.72. The van der Waals surface area contributed by atoms with Gasteiger partial charge in [-0.3, -0.25) is 0 Å². The summed E-state index contributed by atoms with van der Waals surface area (Å²) in [7, 11) is 0. The van der Waals surface area contributed by atoms with Gasteiger partial charge in [-0.25, -0.2) is 0 Å². The molecule has 0 saturated heterocycles. The van der Waals surface area contributed by atoms with Crippen molar-refractivity contribution in [2.24, 2.45) is 23.7 Å². The predicted molar refractivity (Wildman–Crippen MR) is 77.2 cm³/mol. The third-order valence-electron chi connectivity index (χ3n) is 4.45. The van der Waals surface area contributed by atoms with Crippen molar-refractivity contribution in [2.45, 2.75) is 72.8 Å². The molecule has 0 aromatic heterocycles. The Bertz CT molecular complexity index is 198. The van der Waals surface area contributed by atoms with E-state index in [-0.39, 0.29) is 0 Å². The minimum absolute atomic E-state index is 0.800. The Morgan fingerprint density at radius 2 is 1.76 bits per heavy atom. The quantitative estimate of drug-likeness (QED) is 0.721. The van der Waals surface area contributed by atoms with Crippen molar-refractivity contribution in [3.8, 4) is 0 Å². The van der Waals surface area contributed by atoms with E-state index in [0.717, 1.165) is 29.7 Å². The molecular formula is C16H33N. The first kappa shape index (κ1) is 15.0. The largest absolute Gasteiger partial charge is 0.314 e. The van der Waals surface area contributed by atoms with E-state index in [0.29, 0.717) is 0 Å². The highest BCUT2D eigenvalue weighted by Crippen LogP contribution is 2.29. The molecule has 17 heavy (non-hydrogen) atoms. The summed E-state index contributed by atoms with van der Waals surface area (Å²) in [6, 6.07) is 0.800. The average Bonchev–Trinajstić information content (AvgIpc) is 2.25. The summed E-state index contributed by atoms with van der Waals surface area (Å²) in [5.41, 5.74) is 0. The van der Waals surface area contributed by atoms with Gasteiger partial charge in [-0.1, -0.05) is 47.5 Å². The molecule has 1 saturated carbocycles. The van der Waals surface area contributed by atoms with Crippen molar-refractivity contribution < 1.29 is 0 Å². The molecule has 1 heteroatoms. The molecule has 0 aliphatic heterocycles. The van der Waals surface area contributed by atoms with E-state index in [1.807, 2.05) is 0 Å². The Labute approximate surface area is 109 Å². The van der Waals surface area contributed by atoms with Gasteiger partial charge in [0, 0.05) is 6.04 Å². The lowest BCUT2D eigenvalue weighted by atomic mass is 9.81. The van der Waals surface area contributed by atoms with E-state index in [2.05, 4.69) is 39.9 Å². The van der Waals surface area contributed by atoms with Crippen LogP contribution in [0.5, 0.6) is 0 Å². The minimum atomic E-state index is 0.800. The Morgan fingerprint density at radius 1 is 1.06 bits per heavy atom. The molecule has 3 unspecified atom stereocenters. The molecule has 1 fully saturated rings. The van der Waals surface area contributed by atoms with Crippen molar-refractivity contribution >= 4 is 0 Å². The third-order valence-corrected chi connectivity index (χ3v) is 4.45. The second-order valence-electron chi connectivity index (χ2n) is 6.99. The molecule has 0 heterocycles. The topological polar surface area (TPSA) is 12.0 Å². The predicted octanol–water partition coefficient (Wildman–Crippen LogP) is 4.47. The maximum absolute atomic E-state index is 3.81. The fourth-order valence-electron chi connectivity index (χ4n) is 2.95. The van der Waals surface area contributed by atoms with Crippen LogP contribution in [0.1, 0.15) is 66.7 Å². The van der Waals surface area contributed by atoms with Crippen LogP contribution in [0, 0.1) is 23.7 Å². The Kier molecular flexibility index (Phi) is 6.54. The highest BCUT2D eigenvalue weighted by Gasteiger charge is 2.22. The molecule has 3 atom stereocenters. The van der Waals surface area contributed by atoms with Crippen LogP contribution in [0.15, 0.2) is 0 Å². The summed E-state index contributed by atoms with van der Waals surface area (Å²) < 4.78 is 0. The molecule has 0 spiro atoms. The van der Waals surface area contributed by atoms with Crippen LogP contribution < -0.4 is 5.32 Å². The van der Waals surface area contributed by atoms with Crippen molar-refractivity contribution in [3.63, 3.8) is 0 Å². The standard InChI is InChI=1S/C16H33N/c1-12(2)9-15-7-6-8-16(10-15)17-11-14(5)13(3)4/h12-17H,6-11H2,1-5H3. The number of hydrogen-bond donors (Lipinski definition) is 1. The Hall–Kier alpha value is -0.0400. The van der Waals surface area contributed by atoms with E-state index < -0.39 is 0 Å². The Balaban J connectivity index is 2.25. The fraction of sp³-hybridized carbons (Fsp3) is 1.00. The van der Waals surface area contributed by atoms with Gasteiger partial charge in [-0.05, 0) is 49.5 Å². The van der Waals surface area contributed by atoms with Gasteiger partial charge in [0.2, 0.25) is 0 Å². The van der Waals surface area contributed by atoms with E-state index in [9.17, 15) is 0 Å². The number of hydrogen-bond acceptors (Lipinski definition) is 1. The first-order valence-electron chi connectivity index (χ1n) is 7.72. The average molecular weight is 239 g/mol.